The molecular weight excluding hydrogens is 420 g/mol. The van der Waals surface area contributed by atoms with Crippen LogP contribution in [0.15, 0.2) is 0 Å². The summed E-state index contributed by atoms with van der Waals surface area (Å²) in [5.41, 5.74) is 0.369. The predicted molar refractivity (Wildman–Crippen MR) is 129 cm³/mol. The lowest BCUT2D eigenvalue weighted by Gasteiger charge is -2.62. The monoisotopic (exact) mass is 468 g/mol. The number of carbonyl (C=O) groups excluding carboxylic acids is 1. The molecule has 1 amide bonds. The lowest BCUT2D eigenvalue weighted by atomic mass is 9.45. The number of amides is 1. The number of carbonyl (C=O) groups is 1. The van der Waals surface area contributed by atoms with Crippen LogP contribution in [-0.4, -0.2) is 97.3 Å². The summed E-state index contributed by atoms with van der Waals surface area (Å²) >= 11 is 0. The van der Waals surface area contributed by atoms with Crippen molar-refractivity contribution in [3.63, 3.8) is 0 Å². The molecule has 8 nitrogen and oxygen atoms in total. The summed E-state index contributed by atoms with van der Waals surface area (Å²) in [4.78, 5) is 21.7. The molecule has 4 fully saturated rings. The van der Waals surface area contributed by atoms with Gasteiger partial charge in [-0.05, 0) is 76.4 Å². The molecule has 192 valence electrons. The fraction of sp³-hybridized carbons (Fsp3) is 0.960. The quantitative estimate of drug-likeness (QED) is 0.318. The maximum atomic E-state index is 13.5. The molecule has 3 saturated carbocycles. The Morgan fingerprint density at radius 3 is 2.55 bits per heavy atom. The molecule has 0 aromatic heterocycles. The van der Waals surface area contributed by atoms with Crippen LogP contribution in [0, 0.1) is 29.1 Å². The number of fused-ring (bicyclic) bond motifs is 2. The fourth-order valence-electron chi connectivity index (χ4n) is 6.49. The average Bonchev–Trinajstić information content (AvgIpc) is 3.12. The first-order valence-electron chi connectivity index (χ1n) is 13.0. The van der Waals surface area contributed by atoms with Crippen molar-refractivity contribution < 1.29 is 19.8 Å². The molecule has 4 aliphatic rings. The van der Waals surface area contributed by atoms with Crippen LogP contribution in [0.1, 0.15) is 53.4 Å². The molecule has 0 radical (unpaired) electrons. The van der Waals surface area contributed by atoms with Crippen LogP contribution >= 0.6 is 0 Å². The van der Waals surface area contributed by atoms with Crippen LogP contribution in [0.2, 0.25) is 0 Å². The summed E-state index contributed by atoms with van der Waals surface area (Å²) in [5, 5.41) is 28.8. The highest BCUT2D eigenvalue weighted by Crippen LogP contribution is 2.61. The van der Waals surface area contributed by atoms with E-state index in [-0.39, 0.29) is 18.6 Å². The lowest BCUT2D eigenvalue weighted by molar-refractivity contribution is -0.178. The minimum Gasteiger partial charge on any atom is -0.394 e. The number of aliphatic hydroxyl groups is 2. The Labute approximate surface area is 200 Å². The number of rotatable bonds is 12. The number of hydrogen-bond donors (Lipinski definition) is 4. The average molecular weight is 469 g/mol. The van der Waals surface area contributed by atoms with Gasteiger partial charge in [0, 0.05) is 31.6 Å². The van der Waals surface area contributed by atoms with Gasteiger partial charge in [-0.25, -0.2) is 0 Å². The van der Waals surface area contributed by atoms with Gasteiger partial charge in [0.15, 0.2) is 0 Å². The topological polar surface area (TPSA) is 97.3 Å². The van der Waals surface area contributed by atoms with E-state index in [4.69, 9.17) is 4.84 Å². The molecule has 1 heterocycles. The Morgan fingerprint density at radius 1 is 1.24 bits per heavy atom. The van der Waals surface area contributed by atoms with Gasteiger partial charge in [0.25, 0.3) is 0 Å². The third kappa shape index (κ3) is 5.90. The molecule has 1 saturated heterocycles. The number of nitrogens with zero attached hydrogens (tertiary/aromatic N) is 2. The third-order valence-electron chi connectivity index (χ3n) is 8.78. The first-order chi connectivity index (χ1) is 15.6. The molecule has 33 heavy (non-hydrogen) atoms. The second kappa shape index (κ2) is 11.3. The van der Waals surface area contributed by atoms with Crippen LogP contribution in [0.5, 0.6) is 0 Å². The molecule has 0 aromatic rings. The van der Waals surface area contributed by atoms with Gasteiger partial charge in [0.2, 0.25) is 5.91 Å². The van der Waals surface area contributed by atoms with Gasteiger partial charge in [0.05, 0.1) is 12.7 Å². The van der Waals surface area contributed by atoms with Crippen molar-refractivity contribution in [3.8, 4) is 0 Å². The summed E-state index contributed by atoms with van der Waals surface area (Å²) < 4.78 is 0. The first kappa shape index (κ1) is 26.8. The van der Waals surface area contributed by atoms with E-state index in [1.807, 2.05) is 0 Å². The molecule has 0 aromatic carbocycles. The van der Waals surface area contributed by atoms with E-state index in [9.17, 15) is 15.0 Å². The summed E-state index contributed by atoms with van der Waals surface area (Å²) in [5.74, 6) is 1.24. The highest BCUT2D eigenvalue weighted by atomic mass is 16.7. The number of hydrogen-bond acceptors (Lipinski definition) is 7. The molecular formula is C25H48N4O4. The SMILES string of the molecule is C[C@@H]1[C@@H](NC(=O)[C@@H]2[C@H]([C@H](C)O)[C@H](CO)ON2CCCCNCCN(C)C)C[C@H]2C[C@H]1C2(C)C. The number of unbranched alkanes of at least 4 members (excludes halogenated alkanes) is 1. The van der Waals surface area contributed by atoms with Gasteiger partial charge in [-0.2, -0.15) is 5.06 Å². The first-order valence-corrected chi connectivity index (χ1v) is 13.0. The second-order valence-corrected chi connectivity index (χ2v) is 11.6. The van der Waals surface area contributed by atoms with Gasteiger partial charge in [-0.3, -0.25) is 9.63 Å². The van der Waals surface area contributed by atoms with Crippen molar-refractivity contribution in [2.45, 2.75) is 77.7 Å². The lowest BCUT2D eigenvalue weighted by Crippen LogP contribution is -2.62. The minimum atomic E-state index is -0.744. The van der Waals surface area contributed by atoms with E-state index >= 15 is 0 Å². The van der Waals surface area contributed by atoms with Crippen molar-refractivity contribution in [2.75, 3.05) is 46.9 Å². The molecule has 4 rings (SSSR count). The largest absolute Gasteiger partial charge is 0.394 e. The zero-order valence-corrected chi connectivity index (χ0v) is 21.6. The van der Waals surface area contributed by atoms with Crippen LogP contribution in [0.25, 0.3) is 0 Å². The summed E-state index contributed by atoms with van der Waals surface area (Å²) in [6, 6.07) is -0.415. The van der Waals surface area contributed by atoms with E-state index in [0.717, 1.165) is 38.9 Å². The van der Waals surface area contributed by atoms with E-state index in [1.54, 1.807) is 12.0 Å². The minimum absolute atomic E-state index is 0.0723. The van der Waals surface area contributed by atoms with Crippen molar-refractivity contribution in [1.29, 1.82) is 0 Å². The number of likely N-dealkylation sites (N-methyl/N-ethyl adjacent to an activating group) is 1. The zero-order valence-electron chi connectivity index (χ0n) is 21.6. The van der Waals surface area contributed by atoms with Gasteiger partial charge in [-0.1, -0.05) is 20.8 Å². The van der Waals surface area contributed by atoms with Crippen molar-refractivity contribution in [1.82, 2.24) is 20.6 Å². The van der Waals surface area contributed by atoms with Gasteiger partial charge < -0.3 is 25.7 Å². The zero-order chi connectivity index (χ0) is 24.3. The Bertz CT molecular complexity index is 644. The van der Waals surface area contributed by atoms with E-state index in [1.165, 1.54) is 6.42 Å². The number of nitrogens with one attached hydrogen (secondary N) is 2. The highest BCUT2D eigenvalue weighted by molar-refractivity contribution is 5.82. The van der Waals surface area contributed by atoms with Crippen molar-refractivity contribution in [2.24, 2.45) is 29.1 Å². The Kier molecular flexibility index (Phi) is 9.20. The maximum absolute atomic E-state index is 13.5. The Morgan fingerprint density at radius 2 is 1.97 bits per heavy atom. The van der Waals surface area contributed by atoms with Gasteiger partial charge >= 0.3 is 0 Å². The number of hydroxylamine groups is 2. The Balaban J connectivity index is 1.57. The fourth-order valence-corrected chi connectivity index (χ4v) is 6.49. The third-order valence-corrected chi connectivity index (χ3v) is 8.78. The molecule has 2 bridgehead atoms. The van der Waals surface area contributed by atoms with Crippen molar-refractivity contribution >= 4 is 5.91 Å². The van der Waals surface area contributed by atoms with Crippen LogP contribution in [0.3, 0.4) is 0 Å². The van der Waals surface area contributed by atoms with E-state index in [2.05, 4.69) is 50.4 Å². The second-order valence-electron chi connectivity index (χ2n) is 11.6. The normalized spacial score (nSPS) is 36.6. The summed E-state index contributed by atoms with van der Waals surface area (Å²) in [6.07, 6.45) is 2.84. The summed E-state index contributed by atoms with van der Waals surface area (Å²) in [7, 11) is 4.12. The van der Waals surface area contributed by atoms with E-state index in [0.29, 0.717) is 29.7 Å². The number of aliphatic hydroxyl groups excluding tert-OH is 2. The Hall–Kier alpha value is -0.770. The molecule has 8 heteroatoms. The smallest absolute Gasteiger partial charge is 0.240 e. The van der Waals surface area contributed by atoms with Gasteiger partial charge in [0.1, 0.15) is 12.1 Å². The maximum Gasteiger partial charge on any atom is 0.240 e. The van der Waals surface area contributed by atoms with Crippen molar-refractivity contribution in [3.05, 3.63) is 0 Å². The summed E-state index contributed by atoms with van der Waals surface area (Å²) in [6.45, 7) is 11.9. The molecule has 1 aliphatic heterocycles. The highest BCUT2D eigenvalue weighted by Gasteiger charge is 2.57. The molecule has 0 unspecified atom stereocenters. The molecule has 8 atom stereocenters. The predicted octanol–water partition coefficient (Wildman–Crippen LogP) is 1.08. The van der Waals surface area contributed by atoms with E-state index < -0.39 is 24.2 Å². The molecule has 3 aliphatic carbocycles. The molecule has 4 N–H and O–H groups in total. The van der Waals surface area contributed by atoms with Crippen LogP contribution < -0.4 is 10.6 Å². The van der Waals surface area contributed by atoms with Crippen LogP contribution in [-0.2, 0) is 9.63 Å². The van der Waals surface area contributed by atoms with Crippen LogP contribution in [0.4, 0.5) is 0 Å². The standard InChI is InChI=1S/C25H48N4O4/c1-16-19-13-18(25(19,3)4)14-20(16)27-24(32)23-22(17(2)31)21(15-30)33-29(23)11-8-7-9-26-10-12-28(5)6/h16-23,26,30-31H,7-15H2,1-6H3,(H,27,32)/t16-,17-,18+,19+,20-,21-,22+,23-/m0/s1. The van der Waals surface area contributed by atoms with Gasteiger partial charge in [-0.15, -0.1) is 0 Å². The molecule has 0 spiro atoms.